The lowest BCUT2D eigenvalue weighted by atomic mass is 9.23. The van der Waals surface area contributed by atoms with Crippen LogP contribution in [0.3, 0.4) is 0 Å². The maximum absolute atomic E-state index is 7.34. The van der Waals surface area contributed by atoms with Gasteiger partial charge in [0.1, 0.15) is 11.2 Å². The molecule has 0 spiro atoms. The van der Waals surface area contributed by atoms with E-state index in [1.165, 1.54) is 43.4 Å². The average molecular weight is 841 g/mol. The number of benzene rings is 10. The normalized spacial score (nSPS) is 12.5. The Bertz CT molecular complexity index is 3910. The van der Waals surface area contributed by atoms with Crippen molar-refractivity contribution in [1.29, 1.82) is 0 Å². The van der Waals surface area contributed by atoms with Gasteiger partial charge in [0.2, 0.25) is 0 Å². The van der Waals surface area contributed by atoms with E-state index >= 15 is 0 Å². The Morgan fingerprint density at radius 2 is 0.727 bits per heavy atom. The van der Waals surface area contributed by atoms with Crippen molar-refractivity contribution in [2.75, 3.05) is 4.90 Å². The summed E-state index contributed by atoms with van der Waals surface area (Å²) < 4.78 is 17.1. The Kier molecular flexibility index (Phi) is 8.14. The number of rotatable bonds is 6. The summed E-state index contributed by atoms with van der Waals surface area (Å²) in [5.41, 5.74) is 15.0. The molecule has 1 aliphatic heterocycles. The van der Waals surface area contributed by atoms with E-state index in [4.69, 9.17) is 8.83 Å². The van der Waals surface area contributed by atoms with Gasteiger partial charge in [-0.15, -0.1) is 0 Å². The van der Waals surface area contributed by atoms with Gasteiger partial charge in [0.25, 0.3) is 13.4 Å². The van der Waals surface area contributed by atoms with E-state index in [-0.39, 0.29) is 13.4 Å². The second-order valence-electron chi connectivity index (χ2n) is 17.5. The van der Waals surface area contributed by atoms with Crippen LogP contribution in [0.2, 0.25) is 0 Å². The molecule has 306 valence electrons. The molecule has 0 radical (unpaired) electrons. The molecule has 1 aliphatic rings. The summed E-state index contributed by atoms with van der Waals surface area (Å²) in [6.07, 6.45) is 0. The van der Waals surface area contributed by atoms with E-state index in [1.807, 2.05) is 0 Å². The van der Waals surface area contributed by atoms with E-state index in [9.17, 15) is 0 Å². The van der Waals surface area contributed by atoms with Crippen LogP contribution in [0.1, 0.15) is 0 Å². The Balaban J connectivity index is 1.02. The summed E-state index contributed by atoms with van der Waals surface area (Å²) >= 11 is 0. The Hall–Kier alpha value is -8.47. The van der Waals surface area contributed by atoms with Crippen LogP contribution in [0.25, 0.3) is 71.0 Å². The van der Waals surface area contributed by atoms with Crippen LogP contribution in [-0.4, -0.2) is 18.0 Å². The Morgan fingerprint density at radius 1 is 0.333 bits per heavy atom. The highest BCUT2D eigenvalue weighted by Gasteiger charge is 2.47. The summed E-state index contributed by atoms with van der Waals surface area (Å²) in [4.78, 5) is 2.31. The first kappa shape index (κ1) is 37.0. The van der Waals surface area contributed by atoms with Crippen LogP contribution in [0.5, 0.6) is 0 Å². The average Bonchev–Trinajstić information content (AvgIpc) is 4.07. The maximum Gasteiger partial charge on any atom is 0.290 e. The van der Waals surface area contributed by atoms with Crippen LogP contribution in [0.4, 0.5) is 17.1 Å². The highest BCUT2D eigenvalue weighted by molar-refractivity contribution is 7.12. The van der Waals surface area contributed by atoms with Gasteiger partial charge < -0.3 is 18.3 Å². The van der Waals surface area contributed by atoms with Crippen LogP contribution < -0.4 is 38.1 Å². The molecule has 0 saturated heterocycles. The minimum absolute atomic E-state index is 0.248. The summed E-state index contributed by atoms with van der Waals surface area (Å²) in [5.74, 6) is 0. The SMILES string of the molecule is c1ccc(N(c2ccccc2)c2ccc(B3c4oc5ccc6ccccc6c5c4B(c4ccc(-n5c6ccccc6c6ccccc65)cc4)c4oc5ccc6ccccc6c5c43)cc2)cc1. The maximum atomic E-state index is 7.34. The van der Waals surface area contributed by atoms with Gasteiger partial charge in [-0.1, -0.05) is 169 Å². The molecule has 4 nitrogen and oxygen atoms in total. The molecule has 3 aromatic heterocycles. The third kappa shape index (κ3) is 5.48. The first-order valence-corrected chi connectivity index (χ1v) is 22.7. The molecule has 66 heavy (non-hydrogen) atoms. The number of furan rings is 2. The lowest BCUT2D eigenvalue weighted by Crippen LogP contribution is -2.73. The topological polar surface area (TPSA) is 34.5 Å². The molecule has 6 heteroatoms. The molecular formula is C60H38B2N2O2. The molecule has 0 aliphatic carbocycles. The van der Waals surface area contributed by atoms with Gasteiger partial charge in [0, 0.05) is 44.3 Å². The summed E-state index contributed by atoms with van der Waals surface area (Å²) in [5, 5.41) is 9.47. The first-order valence-electron chi connectivity index (χ1n) is 22.7. The number of para-hydroxylation sites is 4. The quantitative estimate of drug-likeness (QED) is 0.156. The molecule has 0 bridgehead atoms. The lowest BCUT2D eigenvalue weighted by Gasteiger charge is -2.27. The van der Waals surface area contributed by atoms with Crippen LogP contribution in [0, 0.1) is 0 Å². The zero-order valence-electron chi connectivity index (χ0n) is 35.8. The molecule has 4 heterocycles. The third-order valence-corrected chi connectivity index (χ3v) is 14.0. The molecule has 0 unspecified atom stereocenters. The van der Waals surface area contributed by atoms with Crippen LogP contribution in [0.15, 0.2) is 239 Å². The second-order valence-corrected chi connectivity index (χ2v) is 17.5. The van der Waals surface area contributed by atoms with Crippen molar-refractivity contribution in [2.45, 2.75) is 0 Å². The summed E-state index contributed by atoms with van der Waals surface area (Å²) in [7, 11) is 0. The fourth-order valence-electron chi connectivity index (χ4n) is 11.2. The van der Waals surface area contributed by atoms with Crippen molar-refractivity contribution in [3.05, 3.63) is 231 Å². The smallest absolute Gasteiger partial charge is 0.290 e. The highest BCUT2D eigenvalue weighted by Crippen LogP contribution is 2.35. The molecule has 0 fully saturated rings. The zero-order chi connectivity index (χ0) is 43.3. The second kappa shape index (κ2) is 14.5. The Morgan fingerprint density at radius 3 is 1.21 bits per heavy atom. The fourth-order valence-corrected chi connectivity index (χ4v) is 11.2. The standard InChI is InChI=1S/C60H38B2N2O2/c1-3-17-43(18-4-1)63(44-19-5-2-6-20-44)45-33-29-41(30-34-45)61-57-55-47-21-9-7-15-39(47)27-37-53(55)66-60(57)62(58-56-48-22-10-8-16-40(48)28-38-54(56)65-59(58)61)42-31-35-46(36-32-42)64-51-25-13-11-23-49(51)50-24-12-14-26-52(50)64/h1-38H. The number of aromatic nitrogens is 1. The third-order valence-electron chi connectivity index (χ3n) is 14.0. The molecule has 10 aromatic carbocycles. The van der Waals surface area contributed by atoms with Gasteiger partial charge in [0.15, 0.2) is 0 Å². The molecule has 0 atom stereocenters. The van der Waals surface area contributed by atoms with Crippen molar-refractivity contribution < 1.29 is 8.83 Å². The molecule has 0 N–H and O–H groups in total. The van der Waals surface area contributed by atoms with Gasteiger partial charge in [-0.2, -0.15) is 0 Å². The minimum atomic E-state index is -0.253. The van der Waals surface area contributed by atoms with Crippen molar-refractivity contribution in [3.63, 3.8) is 0 Å². The monoisotopic (exact) mass is 840 g/mol. The van der Waals surface area contributed by atoms with E-state index in [0.29, 0.717) is 0 Å². The molecule has 13 aromatic rings. The van der Waals surface area contributed by atoms with Gasteiger partial charge in [0.05, 0.1) is 22.4 Å². The van der Waals surface area contributed by atoms with Crippen molar-refractivity contribution in [2.24, 2.45) is 0 Å². The largest absolute Gasteiger partial charge is 0.471 e. The highest BCUT2D eigenvalue weighted by atomic mass is 16.3. The fraction of sp³-hybridized carbons (Fsp3) is 0. The number of nitrogens with zero attached hydrogens (tertiary/aromatic N) is 2. The van der Waals surface area contributed by atoms with E-state index in [0.717, 1.165) is 77.9 Å². The van der Waals surface area contributed by atoms with Crippen molar-refractivity contribution in [3.8, 4) is 5.69 Å². The zero-order valence-corrected chi connectivity index (χ0v) is 35.8. The van der Waals surface area contributed by atoms with E-state index in [2.05, 4.69) is 240 Å². The molecule has 0 amide bonds. The van der Waals surface area contributed by atoms with E-state index < -0.39 is 0 Å². The van der Waals surface area contributed by atoms with Gasteiger partial charge in [-0.05, 0) is 105 Å². The van der Waals surface area contributed by atoms with Gasteiger partial charge >= 0.3 is 0 Å². The number of anilines is 3. The van der Waals surface area contributed by atoms with E-state index in [1.54, 1.807) is 0 Å². The molecule has 0 saturated carbocycles. The number of fused-ring (bicyclic) bond motifs is 13. The first-order chi connectivity index (χ1) is 32.8. The number of hydrogen-bond acceptors (Lipinski definition) is 3. The predicted octanol–water partition coefficient (Wildman–Crippen LogP) is 11.4. The summed E-state index contributed by atoms with van der Waals surface area (Å²) in [6, 6.07) is 82.9. The molecule has 14 rings (SSSR count). The minimum Gasteiger partial charge on any atom is -0.471 e. The lowest BCUT2D eigenvalue weighted by molar-refractivity contribution is 0.647. The summed E-state index contributed by atoms with van der Waals surface area (Å²) in [6.45, 7) is -0.500. The number of hydrogen-bond donors (Lipinski definition) is 0. The Labute approximate surface area is 381 Å². The van der Waals surface area contributed by atoms with Crippen LogP contribution in [-0.2, 0) is 0 Å². The van der Waals surface area contributed by atoms with Crippen LogP contribution >= 0.6 is 0 Å². The predicted molar refractivity (Wildman–Crippen MR) is 279 cm³/mol. The van der Waals surface area contributed by atoms with Gasteiger partial charge in [-0.25, -0.2) is 0 Å². The van der Waals surface area contributed by atoms with Crippen molar-refractivity contribution in [1.82, 2.24) is 4.57 Å². The molecular weight excluding hydrogens is 802 g/mol. The van der Waals surface area contributed by atoms with Gasteiger partial charge in [-0.3, -0.25) is 0 Å². The van der Waals surface area contributed by atoms with Crippen molar-refractivity contribution >= 4 is 129 Å².